The van der Waals surface area contributed by atoms with Gasteiger partial charge in [0.25, 0.3) is 5.91 Å². The van der Waals surface area contributed by atoms with Crippen LogP contribution in [-0.4, -0.2) is 31.4 Å². The van der Waals surface area contributed by atoms with Crippen LogP contribution in [0.15, 0.2) is 42.5 Å². The zero-order valence-corrected chi connectivity index (χ0v) is 17.5. The first kappa shape index (κ1) is 21.5. The molecule has 0 saturated carbocycles. The molecule has 7 heteroatoms. The zero-order chi connectivity index (χ0) is 21.5. The van der Waals surface area contributed by atoms with Crippen molar-refractivity contribution in [3.05, 3.63) is 53.6 Å². The number of rotatable bonds is 9. The molecule has 30 heavy (non-hydrogen) atoms. The van der Waals surface area contributed by atoms with Crippen LogP contribution in [0.1, 0.15) is 43.1 Å². The van der Waals surface area contributed by atoms with Gasteiger partial charge in [0.05, 0.1) is 12.2 Å². The molecule has 0 fully saturated rings. The largest absolute Gasteiger partial charge is 0.494 e. The monoisotopic (exact) mass is 413 g/mol. The molecule has 2 aromatic carbocycles. The van der Waals surface area contributed by atoms with E-state index in [0.717, 1.165) is 12.0 Å². The van der Waals surface area contributed by atoms with E-state index in [2.05, 4.69) is 19.2 Å². The van der Waals surface area contributed by atoms with Gasteiger partial charge in [0.1, 0.15) is 5.75 Å². The van der Waals surface area contributed by atoms with Gasteiger partial charge in [-0.3, -0.25) is 4.79 Å². The first-order valence-electron chi connectivity index (χ1n) is 10.0. The predicted molar refractivity (Wildman–Crippen MR) is 111 cm³/mol. The molecule has 1 N–H and O–H groups in total. The summed E-state index contributed by atoms with van der Waals surface area (Å²) in [5.74, 6) is 1.66. The lowest BCUT2D eigenvalue weighted by Gasteiger charge is -2.14. The number of hydrogen-bond acceptors (Lipinski definition) is 6. The molecule has 0 aromatic heterocycles. The summed E-state index contributed by atoms with van der Waals surface area (Å²) < 4.78 is 21.5. The molecule has 0 radical (unpaired) electrons. The van der Waals surface area contributed by atoms with E-state index in [1.54, 1.807) is 30.3 Å². The van der Waals surface area contributed by atoms with E-state index in [-0.39, 0.29) is 12.7 Å². The quantitative estimate of drug-likeness (QED) is 0.631. The Labute approximate surface area is 176 Å². The molecule has 0 bridgehead atoms. The van der Waals surface area contributed by atoms with E-state index in [4.69, 9.17) is 18.9 Å². The third-order valence-electron chi connectivity index (χ3n) is 4.61. The summed E-state index contributed by atoms with van der Waals surface area (Å²) >= 11 is 0. The normalized spacial score (nSPS) is 13.1. The van der Waals surface area contributed by atoms with Crippen molar-refractivity contribution in [2.24, 2.45) is 5.92 Å². The Morgan fingerprint density at radius 2 is 1.77 bits per heavy atom. The Morgan fingerprint density at radius 1 is 1.03 bits per heavy atom. The molecule has 1 atom stereocenters. The smallest absolute Gasteiger partial charge is 0.338 e. The maximum absolute atomic E-state index is 12.3. The van der Waals surface area contributed by atoms with E-state index in [9.17, 15) is 9.59 Å². The standard InChI is InChI=1S/C23H27NO6/c1-15(2)10-11-27-19-7-5-18(6-8-19)23(26)30-16(3)22(25)24-13-17-4-9-20-21(12-17)29-14-28-20/h4-9,12,15-16H,10-11,13-14H2,1-3H3,(H,24,25). The van der Waals surface area contributed by atoms with E-state index in [1.165, 1.54) is 6.92 Å². The van der Waals surface area contributed by atoms with Crippen LogP contribution in [0.25, 0.3) is 0 Å². The first-order chi connectivity index (χ1) is 14.4. The van der Waals surface area contributed by atoms with Gasteiger partial charge in [0, 0.05) is 6.54 Å². The van der Waals surface area contributed by atoms with Crippen molar-refractivity contribution in [2.75, 3.05) is 13.4 Å². The summed E-state index contributed by atoms with van der Waals surface area (Å²) in [6, 6.07) is 12.2. The summed E-state index contributed by atoms with van der Waals surface area (Å²) in [5.41, 5.74) is 1.22. The third kappa shape index (κ3) is 5.89. The highest BCUT2D eigenvalue weighted by Crippen LogP contribution is 2.32. The lowest BCUT2D eigenvalue weighted by Crippen LogP contribution is -2.35. The summed E-state index contributed by atoms with van der Waals surface area (Å²) in [6.07, 6.45) is 0.0383. The van der Waals surface area contributed by atoms with Crippen LogP contribution < -0.4 is 19.5 Å². The number of ether oxygens (including phenoxy) is 4. The minimum atomic E-state index is -0.923. The summed E-state index contributed by atoms with van der Waals surface area (Å²) in [6.45, 7) is 6.92. The van der Waals surface area contributed by atoms with Gasteiger partial charge in [0.15, 0.2) is 17.6 Å². The molecule has 160 valence electrons. The SMILES string of the molecule is CC(C)CCOc1ccc(C(=O)OC(C)C(=O)NCc2ccc3c(c2)OCO3)cc1. The number of hydrogen-bond donors (Lipinski definition) is 1. The van der Waals surface area contributed by atoms with Crippen LogP contribution in [0, 0.1) is 5.92 Å². The highest BCUT2D eigenvalue weighted by atomic mass is 16.7. The molecule has 0 aliphatic carbocycles. The van der Waals surface area contributed by atoms with Gasteiger partial charge in [-0.25, -0.2) is 4.79 Å². The zero-order valence-electron chi connectivity index (χ0n) is 17.5. The van der Waals surface area contributed by atoms with Gasteiger partial charge in [-0.2, -0.15) is 0 Å². The second kappa shape index (κ2) is 10.0. The Balaban J connectivity index is 1.45. The number of carbonyl (C=O) groups is 2. The number of fused-ring (bicyclic) bond motifs is 1. The second-order valence-electron chi connectivity index (χ2n) is 7.51. The van der Waals surface area contributed by atoms with Gasteiger partial charge >= 0.3 is 5.97 Å². The van der Waals surface area contributed by atoms with Gasteiger partial charge in [-0.15, -0.1) is 0 Å². The van der Waals surface area contributed by atoms with Crippen LogP contribution in [0.2, 0.25) is 0 Å². The Hall–Kier alpha value is -3.22. The number of nitrogens with one attached hydrogen (secondary N) is 1. The van der Waals surface area contributed by atoms with Crippen molar-refractivity contribution in [1.29, 1.82) is 0 Å². The fourth-order valence-corrected chi connectivity index (χ4v) is 2.77. The number of amides is 1. The van der Waals surface area contributed by atoms with Gasteiger partial charge < -0.3 is 24.3 Å². The first-order valence-corrected chi connectivity index (χ1v) is 10.0. The fraction of sp³-hybridized carbons (Fsp3) is 0.391. The van der Waals surface area contributed by atoms with Crippen LogP contribution in [0.3, 0.4) is 0 Å². The molecular formula is C23H27NO6. The Bertz CT molecular complexity index is 878. The predicted octanol–water partition coefficient (Wildman–Crippen LogP) is 3.70. The van der Waals surface area contributed by atoms with E-state index >= 15 is 0 Å². The Morgan fingerprint density at radius 3 is 2.50 bits per heavy atom. The molecule has 1 aliphatic heterocycles. The lowest BCUT2D eigenvalue weighted by molar-refractivity contribution is -0.129. The molecule has 1 aliphatic rings. The van der Waals surface area contributed by atoms with Crippen LogP contribution in [-0.2, 0) is 16.1 Å². The second-order valence-corrected chi connectivity index (χ2v) is 7.51. The summed E-state index contributed by atoms with van der Waals surface area (Å²) in [5, 5.41) is 2.76. The molecule has 1 amide bonds. The maximum Gasteiger partial charge on any atom is 0.338 e. The van der Waals surface area contributed by atoms with Crippen molar-refractivity contribution in [1.82, 2.24) is 5.32 Å². The summed E-state index contributed by atoms with van der Waals surface area (Å²) in [4.78, 5) is 24.6. The molecule has 2 aromatic rings. The van der Waals surface area contributed by atoms with E-state index in [0.29, 0.717) is 41.9 Å². The minimum absolute atomic E-state index is 0.198. The minimum Gasteiger partial charge on any atom is -0.494 e. The topological polar surface area (TPSA) is 83.1 Å². The van der Waals surface area contributed by atoms with Crippen LogP contribution in [0.5, 0.6) is 17.2 Å². The van der Waals surface area contributed by atoms with Crippen molar-refractivity contribution in [3.8, 4) is 17.2 Å². The fourth-order valence-electron chi connectivity index (χ4n) is 2.77. The lowest BCUT2D eigenvalue weighted by atomic mass is 10.1. The molecular weight excluding hydrogens is 386 g/mol. The number of esters is 1. The van der Waals surface area contributed by atoms with E-state index in [1.807, 2.05) is 12.1 Å². The van der Waals surface area contributed by atoms with E-state index < -0.39 is 12.1 Å². The van der Waals surface area contributed by atoms with Crippen LogP contribution >= 0.6 is 0 Å². The average Bonchev–Trinajstić information content (AvgIpc) is 3.20. The maximum atomic E-state index is 12.3. The number of carbonyl (C=O) groups excluding carboxylic acids is 2. The number of benzene rings is 2. The molecule has 1 heterocycles. The van der Waals surface area contributed by atoms with Gasteiger partial charge in [-0.05, 0) is 61.2 Å². The summed E-state index contributed by atoms with van der Waals surface area (Å²) in [7, 11) is 0. The van der Waals surface area contributed by atoms with Gasteiger partial charge in [0.2, 0.25) is 6.79 Å². The average molecular weight is 413 g/mol. The molecule has 7 nitrogen and oxygen atoms in total. The van der Waals surface area contributed by atoms with Crippen molar-refractivity contribution >= 4 is 11.9 Å². The molecule has 3 rings (SSSR count). The highest BCUT2D eigenvalue weighted by Gasteiger charge is 2.19. The van der Waals surface area contributed by atoms with Crippen molar-refractivity contribution in [2.45, 2.75) is 39.8 Å². The Kier molecular flexibility index (Phi) is 7.17. The third-order valence-corrected chi connectivity index (χ3v) is 4.61. The highest BCUT2D eigenvalue weighted by molar-refractivity contribution is 5.92. The van der Waals surface area contributed by atoms with Gasteiger partial charge in [-0.1, -0.05) is 19.9 Å². The van der Waals surface area contributed by atoms with Crippen molar-refractivity contribution in [3.63, 3.8) is 0 Å². The molecule has 1 unspecified atom stereocenters. The molecule has 0 spiro atoms. The van der Waals surface area contributed by atoms with Crippen molar-refractivity contribution < 1.29 is 28.5 Å². The van der Waals surface area contributed by atoms with Crippen LogP contribution in [0.4, 0.5) is 0 Å². The molecule has 0 saturated heterocycles.